The first-order valence-electron chi connectivity index (χ1n) is 6.68. The second kappa shape index (κ2) is 7.22. The van der Waals surface area contributed by atoms with Gasteiger partial charge in [0.05, 0.1) is 40.2 Å². The molecule has 114 valence electrons. The lowest BCUT2D eigenvalue weighted by Gasteiger charge is -2.20. The van der Waals surface area contributed by atoms with E-state index in [1.54, 1.807) is 12.4 Å². The van der Waals surface area contributed by atoms with Crippen molar-refractivity contribution < 1.29 is 0 Å². The molecule has 0 amide bonds. The van der Waals surface area contributed by atoms with Gasteiger partial charge in [-0.15, -0.1) is 0 Å². The first-order valence-corrected chi connectivity index (χ1v) is 7.43. The van der Waals surface area contributed by atoms with Crippen molar-refractivity contribution in [3.8, 4) is 0 Å². The molecule has 2 rings (SSSR count). The van der Waals surface area contributed by atoms with Crippen LogP contribution in [0, 0.1) is 0 Å². The van der Waals surface area contributed by atoms with Gasteiger partial charge in [0.2, 0.25) is 0 Å². The molecule has 0 bridgehead atoms. The Kier molecular flexibility index (Phi) is 5.58. The minimum atomic E-state index is -0.198. The van der Waals surface area contributed by atoms with Crippen molar-refractivity contribution in [3.63, 3.8) is 0 Å². The van der Waals surface area contributed by atoms with Crippen molar-refractivity contribution in [1.29, 1.82) is 0 Å². The molecule has 7 heteroatoms. The van der Waals surface area contributed by atoms with E-state index in [1.807, 2.05) is 38.0 Å². The minimum Gasteiger partial charge on any atom is -0.308 e. The van der Waals surface area contributed by atoms with Crippen LogP contribution in [0.5, 0.6) is 0 Å². The Hall–Kier alpha value is -1.14. The van der Waals surface area contributed by atoms with Crippen LogP contribution in [0.1, 0.15) is 17.4 Å². The van der Waals surface area contributed by atoms with Gasteiger partial charge in [-0.25, -0.2) is 0 Å². The molecule has 0 saturated carbocycles. The van der Waals surface area contributed by atoms with E-state index in [0.29, 0.717) is 10.0 Å². The first-order chi connectivity index (χ1) is 10.0. The third-order valence-electron chi connectivity index (χ3n) is 3.21. The average molecular weight is 328 g/mol. The highest BCUT2D eigenvalue weighted by molar-refractivity contribution is 6.32. The summed E-state index contributed by atoms with van der Waals surface area (Å²) >= 11 is 12.6. The summed E-state index contributed by atoms with van der Waals surface area (Å²) in [6.45, 7) is 1.62. The maximum absolute atomic E-state index is 6.33. The van der Waals surface area contributed by atoms with Crippen LogP contribution in [0.2, 0.25) is 10.0 Å². The second-order valence-corrected chi connectivity index (χ2v) is 5.81. The average Bonchev–Trinajstić information content (AvgIpc) is 2.81. The van der Waals surface area contributed by atoms with Gasteiger partial charge in [0.15, 0.2) is 0 Å². The number of nitrogens with one attached hydrogen (secondary N) is 1. The van der Waals surface area contributed by atoms with Crippen LogP contribution in [0.15, 0.2) is 24.5 Å². The molecule has 0 aliphatic rings. The fourth-order valence-corrected chi connectivity index (χ4v) is 2.63. The summed E-state index contributed by atoms with van der Waals surface area (Å²) in [7, 11) is 5.90. The lowest BCUT2D eigenvalue weighted by atomic mass is 10.1. The van der Waals surface area contributed by atoms with Gasteiger partial charge in [-0.3, -0.25) is 9.67 Å². The van der Waals surface area contributed by atoms with Crippen molar-refractivity contribution >= 4 is 23.2 Å². The zero-order valence-electron chi connectivity index (χ0n) is 12.3. The lowest BCUT2D eigenvalue weighted by Crippen LogP contribution is -2.26. The van der Waals surface area contributed by atoms with Gasteiger partial charge in [-0.05, 0) is 33.3 Å². The van der Waals surface area contributed by atoms with Crippen LogP contribution >= 0.6 is 23.2 Å². The maximum atomic E-state index is 6.33. The Labute approximate surface area is 134 Å². The van der Waals surface area contributed by atoms with Crippen molar-refractivity contribution in [1.82, 2.24) is 25.0 Å². The number of halogens is 2. The predicted molar refractivity (Wildman–Crippen MR) is 85.9 cm³/mol. The molecule has 21 heavy (non-hydrogen) atoms. The number of likely N-dealkylation sites (N-methyl/N-ethyl adjacent to an activating group) is 1. The Morgan fingerprint density at radius 2 is 2.10 bits per heavy atom. The third kappa shape index (κ3) is 3.74. The van der Waals surface area contributed by atoms with Gasteiger partial charge in [0, 0.05) is 12.7 Å². The molecule has 5 nitrogen and oxygen atoms in total. The van der Waals surface area contributed by atoms with E-state index in [2.05, 4.69) is 20.3 Å². The molecule has 2 aromatic heterocycles. The molecule has 1 atom stereocenters. The van der Waals surface area contributed by atoms with Crippen molar-refractivity contribution in [2.45, 2.75) is 12.6 Å². The molecule has 0 aliphatic heterocycles. The molecule has 0 saturated heterocycles. The zero-order chi connectivity index (χ0) is 15.4. The smallest absolute Gasteiger partial charge is 0.0949 e. The number of nitrogens with zero attached hydrogens (tertiary/aromatic N) is 4. The van der Waals surface area contributed by atoms with Gasteiger partial charge >= 0.3 is 0 Å². The monoisotopic (exact) mass is 327 g/mol. The summed E-state index contributed by atoms with van der Waals surface area (Å²) in [5.41, 5.74) is 1.62. The van der Waals surface area contributed by atoms with Crippen LogP contribution < -0.4 is 5.32 Å². The topological polar surface area (TPSA) is 46.0 Å². The standard InChI is InChI=1S/C14H19Cl2N5/c1-17-13(12-10(15)5-4-6-18-12)14-11(16)9-19-21(14)8-7-20(2)3/h4-6,9,13,17H,7-8H2,1-3H3. The molecule has 0 fully saturated rings. The predicted octanol–water partition coefficient (Wildman–Crippen LogP) is 2.46. The SMILES string of the molecule is CNC(c1ncccc1Cl)c1c(Cl)cnn1CCN(C)C. The minimum absolute atomic E-state index is 0.198. The quantitative estimate of drug-likeness (QED) is 0.885. The van der Waals surface area contributed by atoms with E-state index in [9.17, 15) is 0 Å². The third-order valence-corrected chi connectivity index (χ3v) is 3.83. The van der Waals surface area contributed by atoms with Crippen molar-refractivity contribution in [2.75, 3.05) is 27.7 Å². The van der Waals surface area contributed by atoms with E-state index < -0.39 is 0 Å². The molecule has 0 aromatic carbocycles. The van der Waals surface area contributed by atoms with E-state index >= 15 is 0 Å². The van der Waals surface area contributed by atoms with E-state index in [0.717, 1.165) is 24.5 Å². The first kappa shape index (κ1) is 16.2. The molecule has 0 radical (unpaired) electrons. The van der Waals surface area contributed by atoms with Crippen molar-refractivity contribution in [2.24, 2.45) is 0 Å². The summed E-state index contributed by atoms with van der Waals surface area (Å²) in [4.78, 5) is 6.48. The lowest BCUT2D eigenvalue weighted by molar-refractivity contribution is 0.366. The molecule has 1 unspecified atom stereocenters. The fraction of sp³-hybridized carbons (Fsp3) is 0.429. The fourth-order valence-electron chi connectivity index (χ4n) is 2.15. The molecular weight excluding hydrogens is 309 g/mol. The zero-order valence-corrected chi connectivity index (χ0v) is 13.9. The Morgan fingerprint density at radius 3 is 2.71 bits per heavy atom. The summed E-state index contributed by atoms with van der Waals surface area (Å²) in [6, 6.07) is 3.43. The van der Waals surface area contributed by atoms with Gasteiger partial charge in [0.25, 0.3) is 0 Å². The number of rotatable bonds is 6. The highest BCUT2D eigenvalue weighted by Crippen LogP contribution is 2.30. The van der Waals surface area contributed by atoms with Crippen LogP contribution in [-0.4, -0.2) is 47.4 Å². The Morgan fingerprint density at radius 1 is 1.33 bits per heavy atom. The molecule has 0 spiro atoms. The number of hydrogen-bond donors (Lipinski definition) is 1. The maximum Gasteiger partial charge on any atom is 0.0949 e. The number of pyridine rings is 1. The highest BCUT2D eigenvalue weighted by Gasteiger charge is 2.23. The molecule has 2 heterocycles. The normalized spacial score (nSPS) is 12.9. The number of aromatic nitrogens is 3. The summed E-state index contributed by atoms with van der Waals surface area (Å²) < 4.78 is 1.90. The van der Waals surface area contributed by atoms with Gasteiger partial charge in [-0.2, -0.15) is 5.10 Å². The molecule has 2 aromatic rings. The molecule has 0 aliphatic carbocycles. The van der Waals surface area contributed by atoms with Gasteiger partial charge in [0.1, 0.15) is 0 Å². The largest absolute Gasteiger partial charge is 0.308 e. The van der Waals surface area contributed by atoms with Crippen LogP contribution in [0.25, 0.3) is 0 Å². The van der Waals surface area contributed by atoms with E-state index in [4.69, 9.17) is 23.2 Å². The van der Waals surface area contributed by atoms with Gasteiger partial charge in [-0.1, -0.05) is 23.2 Å². The second-order valence-electron chi connectivity index (χ2n) is 5.00. The van der Waals surface area contributed by atoms with Crippen LogP contribution in [-0.2, 0) is 6.54 Å². The van der Waals surface area contributed by atoms with E-state index in [-0.39, 0.29) is 6.04 Å². The van der Waals surface area contributed by atoms with Crippen molar-refractivity contribution in [3.05, 3.63) is 46.0 Å². The summed E-state index contributed by atoms with van der Waals surface area (Å²) in [6.07, 6.45) is 3.38. The van der Waals surface area contributed by atoms with Crippen LogP contribution in [0.4, 0.5) is 0 Å². The molecular formula is C14H19Cl2N5. The Balaban J connectivity index is 2.38. The van der Waals surface area contributed by atoms with Crippen LogP contribution in [0.3, 0.4) is 0 Å². The highest BCUT2D eigenvalue weighted by atomic mass is 35.5. The van der Waals surface area contributed by atoms with E-state index in [1.165, 1.54) is 0 Å². The number of hydrogen-bond acceptors (Lipinski definition) is 4. The Bertz CT molecular complexity index is 597. The van der Waals surface area contributed by atoms with Gasteiger partial charge < -0.3 is 10.2 Å². The molecule has 1 N–H and O–H groups in total. The summed E-state index contributed by atoms with van der Waals surface area (Å²) in [5.74, 6) is 0. The summed E-state index contributed by atoms with van der Waals surface area (Å²) in [5, 5.41) is 8.79.